The number of carboxylic acids is 1. The Hall–Kier alpha value is -2.46. The van der Waals surface area contributed by atoms with Gasteiger partial charge in [-0.1, -0.05) is 0 Å². The van der Waals surface area contributed by atoms with Crippen LogP contribution in [0, 0.1) is 11.3 Å². The van der Waals surface area contributed by atoms with E-state index in [0.717, 1.165) is 0 Å². The topological polar surface area (TPSA) is 117 Å². The minimum Gasteiger partial charge on any atom is -0.480 e. The predicted octanol–water partition coefficient (Wildman–Crippen LogP) is -0.445. The van der Waals surface area contributed by atoms with Gasteiger partial charge in [-0.15, -0.1) is 0 Å². The van der Waals surface area contributed by atoms with Gasteiger partial charge in [0.1, 0.15) is 12.1 Å². The second-order valence-corrected chi connectivity index (χ2v) is 3.53. The molecule has 7 nitrogen and oxygen atoms in total. The summed E-state index contributed by atoms with van der Waals surface area (Å²) in [6.45, 7) is 0. The Labute approximate surface area is 96.1 Å². The molecule has 0 aliphatic carbocycles. The van der Waals surface area contributed by atoms with Crippen LogP contribution in [0.3, 0.4) is 0 Å². The van der Waals surface area contributed by atoms with Gasteiger partial charge in [-0.2, -0.15) is 5.26 Å². The van der Waals surface area contributed by atoms with Crippen molar-refractivity contribution in [1.29, 1.82) is 5.26 Å². The van der Waals surface area contributed by atoms with Crippen molar-refractivity contribution in [1.82, 2.24) is 14.4 Å². The van der Waals surface area contributed by atoms with Crippen LogP contribution in [-0.2, 0) is 11.2 Å². The first-order valence-electron chi connectivity index (χ1n) is 4.82. The third kappa shape index (κ3) is 2.21. The molecule has 2 heterocycles. The standard InChI is InChI=1S/C10H9N5O2/c11-2-7-5-15-4-6(1-8(12)10(16)17)13-3-9(15)14-7/h3-5,8H,1,12H2,(H,16,17)/t8-/m0/s1. The Bertz CT molecular complexity index is 613. The van der Waals surface area contributed by atoms with Gasteiger partial charge in [0.25, 0.3) is 0 Å². The number of carbonyl (C=O) groups is 1. The highest BCUT2D eigenvalue weighted by Crippen LogP contribution is 2.06. The summed E-state index contributed by atoms with van der Waals surface area (Å²) in [7, 11) is 0. The Morgan fingerprint density at radius 1 is 1.65 bits per heavy atom. The molecule has 0 unspecified atom stereocenters. The van der Waals surface area contributed by atoms with Crippen LogP contribution in [0.2, 0.25) is 0 Å². The number of imidazole rings is 1. The molecule has 2 rings (SSSR count). The molecular formula is C10H9N5O2. The van der Waals surface area contributed by atoms with Crippen LogP contribution < -0.4 is 5.73 Å². The fourth-order valence-electron chi connectivity index (χ4n) is 1.41. The zero-order valence-corrected chi connectivity index (χ0v) is 8.74. The summed E-state index contributed by atoms with van der Waals surface area (Å²) < 4.78 is 1.62. The molecule has 0 saturated carbocycles. The summed E-state index contributed by atoms with van der Waals surface area (Å²) >= 11 is 0. The number of nitrogens with zero attached hydrogens (tertiary/aromatic N) is 4. The number of rotatable bonds is 3. The van der Waals surface area contributed by atoms with Crippen molar-refractivity contribution in [2.24, 2.45) is 5.73 Å². The van der Waals surface area contributed by atoms with Gasteiger partial charge in [-0.3, -0.25) is 9.78 Å². The molecular weight excluding hydrogens is 222 g/mol. The Morgan fingerprint density at radius 3 is 3.06 bits per heavy atom. The van der Waals surface area contributed by atoms with Crippen LogP contribution in [0.4, 0.5) is 0 Å². The Kier molecular flexibility index (Phi) is 2.72. The quantitative estimate of drug-likeness (QED) is 0.739. The summed E-state index contributed by atoms with van der Waals surface area (Å²) in [6.07, 6.45) is 4.77. The van der Waals surface area contributed by atoms with Gasteiger partial charge in [-0.25, -0.2) is 4.98 Å². The van der Waals surface area contributed by atoms with E-state index < -0.39 is 12.0 Å². The maximum absolute atomic E-state index is 10.6. The molecule has 2 aromatic rings. The van der Waals surface area contributed by atoms with E-state index in [2.05, 4.69) is 9.97 Å². The maximum Gasteiger partial charge on any atom is 0.320 e. The first-order valence-corrected chi connectivity index (χ1v) is 4.82. The number of carboxylic acid groups (broad SMARTS) is 1. The van der Waals surface area contributed by atoms with Crippen molar-refractivity contribution in [3.05, 3.63) is 30.0 Å². The van der Waals surface area contributed by atoms with Gasteiger partial charge < -0.3 is 15.2 Å². The minimum absolute atomic E-state index is 0.130. The van der Waals surface area contributed by atoms with E-state index in [4.69, 9.17) is 16.1 Å². The Morgan fingerprint density at radius 2 is 2.41 bits per heavy atom. The smallest absolute Gasteiger partial charge is 0.320 e. The molecule has 1 atom stereocenters. The molecule has 0 fully saturated rings. The molecule has 0 saturated heterocycles. The van der Waals surface area contributed by atoms with Crippen molar-refractivity contribution < 1.29 is 9.90 Å². The van der Waals surface area contributed by atoms with E-state index in [0.29, 0.717) is 11.3 Å². The van der Waals surface area contributed by atoms with E-state index in [-0.39, 0.29) is 12.1 Å². The molecule has 2 aromatic heterocycles. The van der Waals surface area contributed by atoms with Crippen LogP contribution in [0.1, 0.15) is 11.4 Å². The van der Waals surface area contributed by atoms with Gasteiger partial charge >= 0.3 is 5.97 Å². The fraction of sp³-hybridized carbons (Fsp3) is 0.200. The molecule has 0 spiro atoms. The Balaban J connectivity index is 2.31. The summed E-state index contributed by atoms with van der Waals surface area (Å²) in [6, 6.07) is 0.929. The maximum atomic E-state index is 10.6. The van der Waals surface area contributed by atoms with E-state index in [9.17, 15) is 4.79 Å². The van der Waals surface area contributed by atoms with E-state index in [1.165, 1.54) is 6.20 Å². The largest absolute Gasteiger partial charge is 0.480 e. The molecule has 0 bridgehead atoms. The summed E-state index contributed by atoms with van der Waals surface area (Å²) in [5, 5.41) is 17.4. The number of nitriles is 1. The SMILES string of the molecule is N#Cc1cn2cc(C[C@H](N)C(=O)O)ncc2n1. The number of nitrogens with two attached hydrogens (primary N) is 1. The van der Waals surface area contributed by atoms with E-state index in [1.54, 1.807) is 16.8 Å². The fourth-order valence-corrected chi connectivity index (χ4v) is 1.41. The van der Waals surface area contributed by atoms with Crippen LogP contribution in [0.5, 0.6) is 0 Å². The third-order valence-electron chi connectivity index (χ3n) is 2.26. The molecule has 7 heteroatoms. The number of fused-ring (bicyclic) bond motifs is 1. The zero-order valence-electron chi connectivity index (χ0n) is 8.74. The van der Waals surface area contributed by atoms with Crippen molar-refractivity contribution in [2.45, 2.75) is 12.5 Å². The lowest BCUT2D eigenvalue weighted by molar-refractivity contribution is -0.138. The summed E-state index contributed by atoms with van der Waals surface area (Å²) in [5.41, 5.74) is 6.76. The molecule has 0 aromatic carbocycles. The highest BCUT2D eigenvalue weighted by atomic mass is 16.4. The molecule has 0 amide bonds. The number of aliphatic carboxylic acids is 1. The average molecular weight is 231 g/mol. The normalized spacial score (nSPS) is 12.2. The van der Waals surface area contributed by atoms with Crippen LogP contribution in [-0.4, -0.2) is 31.5 Å². The number of hydrogen-bond donors (Lipinski definition) is 2. The predicted molar refractivity (Wildman–Crippen MR) is 57.0 cm³/mol. The molecule has 0 aliphatic rings. The second kappa shape index (κ2) is 4.19. The lowest BCUT2D eigenvalue weighted by Crippen LogP contribution is -2.32. The van der Waals surface area contributed by atoms with Gasteiger partial charge in [0.15, 0.2) is 11.3 Å². The lowest BCUT2D eigenvalue weighted by Gasteiger charge is -2.05. The molecule has 17 heavy (non-hydrogen) atoms. The first kappa shape index (κ1) is 11.0. The first-order chi connectivity index (χ1) is 8.10. The third-order valence-corrected chi connectivity index (χ3v) is 2.26. The lowest BCUT2D eigenvalue weighted by atomic mass is 10.2. The molecule has 0 radical (unpaired) electrons. The van der Waals surface area contributed by atoms with Crippen LogP contribution in [0.15, 0.2) is 18.6 Å². The number of hydrogen-bond acceptors (Lipinski definition) is 5. The van der Waals surface area contributed by atoms with Crippen LogP contribution >= 0.6 is 0 Å². The minimum atomic E-state index is -1.07. The monoisotopic (exact) mass is 231 g/mol. The van der Waals surface area contributed by atoms with Crippen molar-refractivity contribution in [3.8, 4) is 6.07 Å². The highest BCUT2D eigenvalue weighted by Gasteiger charge is 2.13. The number of aromatic nitrogens is 3. The van der Waals surface area contributed by atoms with E-state index in [1.807, 2.05) is 6.07 Å². The highest BCUT2D eigenvalue weighted by molar-refractivity contribution is 5.73. The summed E-state index contributed by atoms with van der Waals surface area (Å²) in [4.78, 5) is 18.6. The molecule has 86 valence electrons. The second-order valence-electron chi connectivity index (χ2n) is 3.53. The summed E-state index contributed by atoms with van der Waals surface area (Å²) in [5.74, 6) is -1.07. The van der Waals surface area contributed by atoms with Crippen LogP contribution in [0.25, 0.3) is 5.65 Å². The van der Waals surface area contributed by atoms with Crippen molar-refractivity contribution >= 4 is 11.6 Å². The van der Waals surface area contributed by atoms with Crippen molar-refractivity contribution in [3.63, 3.8) is 0 Å². The molecule has 0 aliphatic heterocycles. The van der Waals surface area contributed by atoms with Gasteiger partial charge in [0, 0.05) is 18.8 Å². The zero-order chi connectivity index (χ0) is 12.4. The van der Waals surface area contributed by atoms with Crippen molar-refractivity contribution in [2.75, 3.05) is 0 Å². The molecule has 3 N–H and O–H groups in total. The van der Waals surface area contributed by atoms with Gasteiger partial charge in [0.2, 0.25) is 0 Å². The average Bonchev–Trinajstić information content (AvgIpc) is 2.70. The van der Waals surface area contributed by atoms with Gasteiger partial charge in [0.05, 0.1) is 11.9 Å². The van der Waals surface area contributed by atoms with Gasteiger partial charge in [-0.05, 0) is 0 Å². The van der Waals surface area contributed by atoms with E-state index >= 15 is 0 Å².